The zero-order chi connectivity index (χ0) is 12.4. The third kappa shape index (κ3) is 2.05. The zero-order valence-electron chi connectivity index (χ0n) is 9.42. The molecule has 0 radical (unpaired) electrons. The fourth-order valence-electron chi connectivity index (χ4n) is 1.72. The van der Waals surface area contributed by atoms with Crippen molar-refractivity contribution in [3.63, 3.8) is 0 Å². The van der Waals surface area contributed by atoms with E-state index in [0.29, 0.717) is 10.9 Å². The molecular weight excluding hydrogens is 246 g/mol. The minimum Gasteiger partial charge on any atom is -0.383 e. The van der Waals surface area contributed by atoms with Crippen LogP contribution >= 0.6 is 11.3 Å². The quantitative estimate of drug-likeness (QED) is 0.498. The lowest BCUT2D eigenvalue weighted by atomic mass is 10.1. The Kier molecular flexibility index (Phi) is 2.70. The molecule has 2 aromatic heterocycles. The van der Waals surface area contributed by atoms with Gasteiger partial charge in [-0.2, -0.15) is 5.10 Å². The minimum atomic E-state index is 0.505. The van der Waals surface area contributed by atoms with Crippen LogP contribution in [-0.2, 0) is 0 Å². The van der Waals surface area contributed by atoms with Gasteiger partial charge in [-0.05, 0) is 12.1 Å². The van der Waals surface area contributed by atoms with Crippen LogP contribution in [0.5, 0.6) is 0 Å². The van der Waals surface area contributed by atoms with Gasteiger partial charge < -0.3 is 10.7 Å². The molecule has 90 valence electrons. The van der Waals surface area contributed by atoms with Crippen LogP contribution in [0.4, 0.5) is 10.9 Å². The number of aromatic amines is 1. The standard InChI is InChI=1S/C12H11N5S/c13-11-7-18-12(16-11)17-15-6-8-2-1-3-10-9(8)4-5-14-10/h1-7,14H,13H2,(H,16,17). The van der Waals surface area contributed by atoms with E-state index in [9.17, 15) is 0 Å². The number of hydrogen-bond donors (Lipinski definition) is 3. The van der Waals surface area contributed by atoms with Crippen LogP contribution in [-0.4, -0.2) is 16.2 Å². The molecule has 0 saturated heterocycles. The first-order valence-corrected chi connectivity index (χ1v) is 6.27. The van der Waals surface area contributed by atoms with Crippen LogP contribution in [0.3, 0.4) is 0 Å². The molecule has 1 aromatic carbocycles. The van der Waals surface area contributed by atoms with Gasteiger partial charge >= 0.3 is 0 Å². The van der Waals surface area contributed by atoms with Crippen LogP contribution in [0.25, 0.3) is 10.9 Å². The molecule has 0 amide bonds. The van der Waals surface area contributed by atoms with Crippen molar-refractivity contribution >= 4 is 39.4 Å². The molecule has 3 rings (SSSR count). The number of anilines is 2. The highest BCUT2D eigenvalue weighted by atomic mass is 32.1. The summed E-state index contributed by atoms with van der Waals surface area (Å²) >= 11 is 1.42. The number of benzene rings is 1. The summed E-state index contributed by atoms with van der Waals surface area (Å²) in [6.45, 7) is 0. The molecule has 0 atom stereocenters. The Hall–Kier alpha value is -2.34. The Morgan fingerprint density at radius 1 is 1.39 bits per heavy atom. The van der Waals surface area contributed by atoms with E-state index < -0.39 is 0 Å². The second-order valence-corrected chi connectivity index (χ2v) is 4.59. The number of nitrogen functional groups attached to an aromatic ring is 1. The number of nitrogens with one attached hydrogen (secondary N) is 2. The summed E-state index contributed by atoms with van der Waals surface area (Å²) in [7, 11) is 0. The SMILES string of the molecule is Nc1csc(NN=Cc2cccc3[nH]ccc23)n1. The van der Waals surface area contributed by atoms with Crippen molar-refractivity contribution in [2.24, 2.45) is 5.10 Å². The predicted octanol–water partition coefficient (Wildman–Crippen LogP) is 2.65. The van der Waals surface area contributed by atoms with E-state index in [0.717, 1.165) is 16.5 Å². The van der Waals surface area contributed by atoms with Crippen LogP contribution in [0.2, 0.25) is 0 Å². The second-order valence-electron chi connectivity index (χ2n) is 3.73. The number of thiazole rings is 1. The Morgan fingerprint density at radius 3 is 3.17 bits per heavy atom. The molecule has 0 spiro atoms. The molecule has 0 saturated carbocycles. The summed E-state index contributed by atoms with van der Waals surface area (Å²) in [5.41, 5.74) is 10.5. The van der Waals surface area contributed by atoms with Crippen molar-refractivity contribution in [1.82, 2.24) is 9.97 Å². The van der Waals surface area contributed by atoms with Gasteiger partial charge in [0.05, 0.1) is 6.21 Å². The van der Waals surface area contributed by atoms with Gasteiger partial charge in [-0.25, -0.2) is 4.98 Å². The lowest BCUT2D eigenvalue weighted by molar-refractivity contribution is 1.29. The van der Waals surface area contributed by atoms with E-state index in [2.05, 4.69) is 20.5 Å². The number of hydrazone groups is 1. The van der Waals surface area contributed by atoms with Gasteiger partial charge in [0.1, 0.15) is 5.82 Å². The van der Waals surface area contributed by atoms with E-state index in [4.69, 9.17) is 5.73 Å². The Morgan fingerprint density at radius 2 is 2.33 bits per heavy atom. The average Bonchev–Trinajstić information content (AvgIpc) is 2.98. The lowest BCUT2D eigenvalue weighted by Crippen LogP contribution is -1.91. The maximum Gasteiger partial charge on any atom is 0.205 e. The lowest BCUT2D eigenvalue weighted by Gasteiger charge is -1.96. The average molecular weight is 257 g/mol. The number of rotatable bonds is 3. The Labute approximate surface area is 107 Å². The zero-order valence-corrected chi connectivity index (χ0v) is 10.2. The number of aromatic nitrogens is 2. The summed E-state index contributed by atoms with van der Waals surface area (Å²) in [4.78, 5) is 7.22. The fraction of sp³-hybridized carbons (Fsp3) is 0. The van der Waals surface area contributed by atoms with Crippen molar-refractivity contribution < 1.29 is 0 Å². The van der Waals surface area contributed by atoms with Crippen LogP contribution < -0.4 is 11.2 Å². The smallest absolute Gasteiger partial charge is 0.205 e. The van der Waals surface area contributed by atoms with Gasteiger partial charge in [0.2, 0.25) is 5.13 Å². The number of nitrogens with two attached hydrogens (primary N) is 1. The molecule has 0 aliphatic heterocycles. The third-order valence-corrected chi connectivity index (χ3v) is 3.28. The molecule has 5 nitrogen and oxygen atoms in total. The fourth-order valence-corrected chi connectivity index (χ4v) is 2.27. The highest BCUT2D eigenvalue weighted by Crippen LogP contribution is 2.17. The monoisotopic (exact) mass is 257 g/mol. The predicted molar refractivity (Wildman–Crippen MR) is 76.0 cm³/mol. The Bertz CT molecular complexity index is 697. The van der Waals surface area contributed by atoms with Gasteiger partial charge in [-0.15, -0.1) is 11.3 Å². The van der Waals surface area contributed by atoms with Crippen LogP contribution in [0.15, 0.2) is 40.9 Å². The van der Waals surface area contributed by atoms with Gasteiger partial charge in [0.15, 0.2) is 0 Å². The van der Waals surface area contributed by atoms with Crippen molar-refractivity contribution in [1.29, 1.82) is 0 Å². The summed E-state index contributed by atoms with van der Waals surface area (Å²) in [6.07, 6.45) is 3.69. The van der Waals surface area contributed by atoms with Gasteiger partial charge in [0.25, 0.3) is 0 Å². The molecular formula is C12H11N5S. The van der Waals surface area contributed by atoms with Gasteiger partial charge in [-0.1, -0.05) is 12.1 Å². The molecule has 0 fully saturated rings. The van der Waals surface area contributed by atoms with Gasteiger partial charge in [0, 0.05) is 28.0 Å². The van der Waals surface area contributed by atoms with E-state index in [1.807, 2.05) is 30.5 Å². The largest absolute Gasteiger partial charge is 0.383 e. The Balaban J connectivity index is 1.81. The summed E-state index contributed by atoms with van der Waals surface area (Å²) < 4.78 is 0. The van der Waals surface area contributed by atoms with Crippen LogP contribution in [0, 0.1) is 0 Å². The first-order valence-electron chi connectivity index (χ1n) is 5.39. The third-order valence-electron chi connectivity index (χ3n) is 2.51. The van der Waals surface area contributed by atoms with E-state index in [1.54, 1.807) is 11.6 Å². The number of H-pyrrole nitrogens is 1. The maximum absolute atomic E-state index is 5.53. The van der Waals surface area contributed by atoms with Gasteiger partial charge in [-0.3, -0.25) is 5.43 Å². The second kappa shape index (κ2) is 4.50. The molecule has 2 heterocycles. The summed E-state index contributed by atoms with van der Waals surface area (Å²) in [6, 6.07) is 8.05. The molecule has 0 aliphatic rings. The first kappa shape index (κ1) is 10.8. The molecule has 6 heteroatoms. The normalized spacial score (nSPS) is 11.3. The van der Waals surface area contributed by atoms with Crippen molar-refractivity contribution in [3.8, 4) is 0 Å². The molecule has 0 aliphatic carbocycles. The summed E-state index contributed by atoms with van der Waals surface area (Å²) in [5.74, 6) is 0.505. The van der Waals surface area contributed by atoms with Crippen molar-refractivity contribution in [3.05, 3.63) is 41.4 Å². The van der Waals surface area contributed by atoms with Crippen molar-refractivity contribution in [2.45, 2.75) is 0 Å². The number of hydrogen-bond acceptors (Lipinski definition) is 5. The van der Waals surface area contributed by atoms with E-state index in [1.165, 1.54) is 11.3 Å². The first-order chi connectivity index (χ1) is 8.83. The van der Waals surface area contributed by atoms with E-state index in [-0.39, 0.29) is 0 Å². The topological polar surface area (TPSA) is 79.1 Å². The van der Waals surface area contributed by atoms with Crippen LogP contribution in [0.1, 0.15) is 5.56 Å². The highest BCUT2D eigenvalue weighted by molar-refractivity contribution is 7.14. The molecule has 18 heavy (non-hydrogen) atoms. The molecule has 0 bridgehead atoms. The van der Waals surface area contributed by atoms with Crippen molar-refractivity contribution in [2.75, 3.05) is 11.2 Å². The highest BCUT2D eigenvalue weighted by Gasteiger charge is 1.99. The van der Waals surface area contributed by atoms with E-state index >= 15 is 0 Å². The number of nitrogens with zero attached hydrogens (tertiary/aromatic N) is 2. The minimum absolute atomic E-state index is 0.505. The molecule has 4 N–H and O–H groups in total. The molecule has 0 unspecified atom stereocenters. The molecule has 3 aromatic rings. The summed E-state index contributed by atoms with van der Waals surface area (Å²) in [5, 5.41) is 7.75. The maximum atomic E-state index is 5.53. The number of fused-ring (bicyclic) bond motifs is 1.